The number of rotatable bonds is 7. The van der Waals surface area contributed by atoms with Gasteiger partial charge in [-0.3, -0.25) is 9.69 Å². The van der Waals surface area contributed by atoms with Crippen LogP contribution < -0.4 is 10.6 Å². The lowest BCUT2D eigenvalue weighted by molar-refractivity contribution is -0.121. The number of aromatic nitrogens is 2. The van der Waals surface area contributed by atoms with Gasteiger partial charge >= 0.3 is 0 Å². The highest BCUT2D eigenvalue weighted by molar-refractivity contribution is 7.15. The number of nitrogens with one attached hydrogen (secondary N) is 2. The third kappa shape index (κ3) is 4.66. The van der Waals surface area contributed by atoms with E-state index in [4.69, 9.17) is 0 Å². The van der Waals surface area contributed by atoms with Gasteiger partial charge in [0.05, 0.1) is 13.1 Å². The molecule has 1 rings (SSSR count). The summed E-state index contributed by atoms with van der Waals surface area (Å²) in [6.07, 6.45) is 1.01. The molecule has 0 aliphatic carbocycles. The van der Waals surface area contributed by atoms with Crippen LogP contribution in [0.4, 0.5) is 5.13 Å². The number of hydrogen-bond donors (Lipinski definition) is 2. The number of anilines is 1. The van der Waals surface area contributed by atoms with Gasteiger partial charge in [0.2, 0.25) is 11.0 Å². The van der Waals surface area contributed by atoms with Crippen LogP contribution in [0, 0.1) is 0 Å². The Morgan fingerprint density at radius 3 is 2.71 bits per heavy atom. The lowest BCUT2D eigenvalue weighted by atomic mass is 10.4. The summed E-state index contributed by atoms with van der Waals surface area (Å²) in [6.45, 7) is 4.04. The van der Waals surface area contributed by atoms with Gasteiger partial charge in [-0.2, -0.15) is 0 Å². The van der Waals surface area contributed by atoms with E-state index in [2.05, 4.69) is 32.7 Å². The Bertz CT molecular complexity index is 354. The Labute approximate surface area is 105 Å². The molecule has 1 amide bonds. The summed E-state index contributed by atoms with van der Waals surface area (Å²) in [5, 5.41) is 15.4. The maximum atomic E-state index is 11.4. The molecule has 96 valence electrons. The Hall–Kier alpha value is -1.21. The van der Waals surface area contributed by atoms with Crippen LogP contribution in [0.3, 0.4) is 0 Å². The monoisotopic (exact) mass is 257 g/mol. The van der Waals surface area contributed by atoms with E-state index in [-0.39, 0.29) is 5.91 Å². The van der Waals surface area contributed by atoms with Crippen molar-refractivity contribution in [3.63, 3.8) is 0 Å². The molecule has 0 fully saturated rings. The molecule has 6 nitrogen and oxygen atoms in total. The van der Waals surface area contributed by atoms with Crippen molar-refractivity contribution in [2.75, 3.05) is 32.5 Å². The summed E-state index contributed by atoms with van der Waals surface area (Å²) in [7, 11) is 3.47. The zero-order chi connectivity index (χ0) is 12.7. The maximum absolute atomic E-state index is 11.4. The van der Waals surface area contributed by atoms with Crippen molar-refractivity contribution in [2.45, 2.75) is 19.9 Å². The number of amides is 1. The molecule has 2 N–H and O–H groups in total. The minimum Gasteiger partial charge on any atom is -0.363 e. The molecule has 1 aromatic heterocycles. The Balaban J connectivity index is 2.55. The zero-order valence-corrected chi connectivity index (χ0v) is 11.3. The quantitative estimate of drug-likeness (QED) is 0.746. The van der Waals surface area contributed by atoms with Gasteiger partial charge in [-0.15, -0.1) is 10.2 Å². The molecule has 0 aliphatic heterocycles. The molecule has 0 bridgehead atoms. The predicted molar refractivity (Wildman–Crippen MR) is 69.1 cm³/mol. The lowest BCUT2D eigenvalue weighted by Crippen LogP contribution is -2.35. The van der Waals surface area contributed by atoms with Crippen molar-refractivity contribution in [1.82, 2.24) is 20.4 Å². The molecular formula is C10H19N5OS. The van der Waals surface area contributed by atoms with Crippen molar-refractivity contribution >= 4 is 22.4 Å². The Morgan fingerprint density at radius 2 is 2.18 bits per heavy atom. The van der Waals surface area contributed by atoms with E-state index in [1.165, 1.54) is 11.3 Å². The number of carbonyl (C=O) groups is 1. The van der Waals surface area contributed by atoms with E-state index < -0.39 is 0 Å². The van der Waals surface area contributed by atoms with Crippen molar-refractivity contribution in [1.29, 1.82) is 0 Å². The van der Waals surface area contributed by atoms with Crippen LogP contribution in [0.5, 0.6) is 0 Å². The predicted octanol–water partition coefficient (Wildman–Crippen LogP) is 0.538. The fraction of sp³-hybridized carbons (Fsp3) is 0.700. The number of nitrogens with zero attached hydrogens (tertiary/aromatic N) is 3. The molecule has 0 spiro atoms. The SMILES string of the molecule is CCCN(CC(=O)NC)Cc1nnc(NC)s1. The van der Waals surface area contributed by atoms with E-state index >= 15 is 0 Å². The second-order valence-corrected chi connectivity index (χ2v) is 4.70. The molecule has 1 aromatic rings. The average molecular weight is 257 g/mol. The zero-order valence-electron chi connectivity index (χ0n) is 10.5. The summed E-state index contributed by atoms with van der Waals surface area (Å²) in [5.74, 6) is 0.0248. The first-order chi connectivity index (χ1) is 8.19. The second-order valence-electron chi connectivity index (χ2n) is 3.63. The molecule has 0 aromatic carbocycles. The van der Waals surface area contributed by atoms with E-state index in [9.17, 15) is 4.79 Å². The maximum Gasteiger partial charge on any atom is 0.233 e. The first-order valence-corrected chi connectivity index (χ1v) is 6.44. The van der Waals surface area contributed by atoms with Gasteiger partial charge in [0, 0.05) is 14.1 Å². The normalized spacial score (nSPS) is 10.6. The average Bonchev–Trinajstić information content (AvgIpc) is 2.77. The third-order valence-electron chi connectivity index (χ3n) is 2.23. The first-order valence-electron chi connectivity index (χ1n) is 5.62. The summed E-state index contributed by atoms with van der Waals surface area (Å²) in [5.41, 5.74) is 0. The highest BCUT2D eigenvalue weighted by Crippen LogP contribution is 2.16. The minimum absolute atomic E-state index is 0.0248. The van der Waals surface area contributed by atoms with E-state index in [0.29, 0.717) is 13.1 Å². The van der Waals surface area contributed by atoms with E-state index in [0.717, 1.165) is 23.1 Å². The van der Waals surface area contributed by atoms with Crippen LogP contribution in [-0.2, 0) is 11.3 Å². The molecule has 1 heterocycles. The van der Waals surface area contributed by atoms with Crippen LogP contribution >= 0.6 is 11.3 Å². The molecule has 0 saturated carbocycles. The summed E-state index contributed by atoms with van der Waals surface area (Å²) in [6, 6.07) is 0. The standard InChI is InChI=1S/C10H19N5OS/c1-4-5-15(6-8(16)11-2)7-9-13-14-10(12-3)17-9/h4-7H2,1-3H3,(H,11,16)(H,12,14). The van der Waals surface area contributed by atoms with Crippen molar-refractivity contribution in [3.8, 4) is 0 Å². The summed E-state index contributed by atoms with van der Waals surface area (Å²) >= 11 is 1.52. The van der Waals surface area contributed by atoms with Gasteiger partial charge in [-0.05, 0) is 13.0 Å². The van der Waals surface area contributed by atoms with Gasteiger partial charge in [-0.25, -0.2) is 0 Å². The highest BCUT2D eigenvalue weighted by Gasteiger charge is 2.12. The molecule has 0 saturated heterocycles. The molecule has 0 radical (unpaired) electrons. The van der Waals surface area contributed by atoms with Crippen molar-refractivity contribution in [2.24, 2.45) is 0 Å². The number of likely N-dealkylation sites (N-methyl/N-ethyl adjacent to an activating group) is 1. The topological polar surface area (TPSA) is 70.2 Å². The summed E-state index contributed by atoms with van der Waals surface area (Å²) in [4.78, 5) is 13.4. The smallest absolute Gasteiger partial charge is 0.233 e. The molecular weight excluding hydrogens is 238 g/mol. The fourth-order valence-electron chi connectivity index (χ4n) is 1.42. The second kappa shape index (κ2) is 7.18. The van der Waals surface area contributed by atoms with E-state index in [1.807, 2.05) is 7.05 Å². The van der Waals surface area contributed by atoms with Crippen LogP contribution in [0.25, 0.3) is 0 Å². The number of carbonyl (C=O) groups excluding carboxylic acids is 1. The van der Waals surface area contributed by atoms with Gasteiger partial charge in [-0.1, -0.05) is 18.3 Å². The van der Waals surface area contributed by atoms with Crippen LogP contribution in [-0.4, -0.2) is 48.2 Å². The van der Waals surface area contributed by atoms with Crippen LogP contribution in [0.2, 0.25) is 0 Å². The van der Waals surface area contributed by atoms with Gasteiger partial charge in [0.25, 0.3) is 0 Å². The van der Waals surface area contributed by atoms with Gasteiger partial charge in [0.15, 0.2) is 0 Å². The third-order valence-corrected chi connectivity index (χ3v) is 3.15. The first kappa shape index (κ1) is 13.9. The lowest BCUT2D eigenvalue weighted by Gasteiger charge is -2.18. The molecule has 7 heteroatoms. The van der Waals surface area contributed by atoms with E-state index in [1.54, 1.807) is 7.05 Å². The van der Waals surface area contributed by atoms with Crippen LogP contribution in [0.1, 0.15) is 18.4 Å². The molecule has 0 atom stereocenters. The minimum atomic E-state index is 0.0248. The van der Waals surface area contributed by atoms with Gasteiger partial charge < -0.3 is 10.6 Å². The summed E-state index contributed by atoms with van der Waals surface area (Å²) < 4.78 is 0. The molecule has 0 unspecified atom stereocenters. The Morgan fingerprint density at radius 1 is 1.41 bits per heavy atom. The van der Waals surface area contributed by atoms with Crippen molar-refractivity contribution in [3.05, 3.63) is 5.01 Å². The highest BCUT2D eigenvalue weighted by atomic mass is 32.1. The number of hydrogen-bond acceptors (Lipinski definition) is 6. The van der Waals surface area contributed by atoms with Crippen molar-refractivity contribution < 1.29 is 4.79 Å². The Kier molecular flexibility index (Phi) is 5.85. The molecule has 17 heavy (non-hydrogen) atoms. The van der Waals surface area contributed by atoms with Crippen LogP contribution in [0.15, 0.2) is 0 Å². The molecule has 0 aliphatic rings. The largest absolute Gasteiger partial charge is 0.363 e. The van der Waals surface area contributed by atoms with Gasteiger partial charge in [0.1, 0.15) is 5.01 Å². The fourth-order valence-corrected chi connectivity index (χ4v) is 2.16.